The molecule has 1 amide bonds. The first-order valence-corrected chi connectivity index (χ1v) is 17.9. The Hall–Kier alpha value is -3.77. The van der Waals surface area contributed by atoms with Crippen molar-refractivity contribution in [2.45, 2.75) is 76.5 Å². The van der Waals surface area contributed by atoms with Crippen LogP contribution >= 0.6 is 0 Å². The Balaban J connectivity index is 1.22. The molecule has 0 spiro atoms. The molecule has 3 atom stereocenters. The minimum atomic E-state index is -0.855. The number of alkyl halides is 1. The highest BCUT2D eigenvalue weighted by molar-refractivity contribution is 5.98. The highest BCUT2D eigenvalue weighted by Crippen LogP contribution is 2.42. The van der Waals surface area contributed by atoms with E-state index in [1.54, 1.807) is 25.2 Å². The highest BCUT2D eigenvalue weighted by atomic mass is 19.1. The summed E-state index contributed by atoms with van der Waals surface area (Å²) in [5.41, 5.74) is 2.98. The second-order valence-electron chi connectivity index (χ2n) is 14.2. The van der Waals surface area contributed by atoms with Crippen molar-refractivity contribution < 1.29 is 28.2 Å². The van der Waals surface area contributed by atoms with Crippen LogP contribution in [0.15, 0.2) is 24.3 Å². The number of fused-ring (bicyclic) bond motifs is 3. The number of hydrogen-bond acceptors (Lipinski definition) is 9. The number of amides is 1. The standard InChI is InChI=1S/C37H48F2N6O4/c1-3-28-30(39)9-8-25-15-27(46)16-32(34(25)28)43-14-10-29-31(20-43)41-36(49-23-37-11-6-13-45(37)19-26(38)17-37)42-35(29)44-12-5-4-7-24(18-44)21-48-22-33(47)40-2/h8-9,15-16,24,26,46H,3-7,10-14,17-23H2,1-2H3,(H,40,47)/t24?,26-,37+/m1/s1. The zero-order valence-corrected chi connectivity index (χ0v) is 28.6. The van der Waals surface area contributed by atoms with Gasteiger partial charge in [-0.05, 0) is 74.1 Å². The van der Waals surface area contributed by atoms with Crippen LogP contribution < -0.4 is 19.9 Å². The smallest absolute Gasteiger partial charge is 0.318 e. The predicted octanol–water partition coefficient (Wildman–Crippen LogP) is 4.92. The molecule has 1 unspecified atom stereocenters. The van der Waals surface area contributed by atoms with E-state index < -0.39 is 6.17 Å². The molecular formula is C37H48F2N6O4. The van der Waals surface area contributed by atoms with Gasteiger partial charge in [0.2, 0.25) is 5.91 Å². The summed E-state index contributed by atoms with van der Waals surface area (Å²) >= 11 is 0. The van der Waals surface area contributed by atoms with Crippen molar-refractivity contribution in [3.63, 3.8) is 0 Å². The fraction of sp³-hybridized carbons (Fsp3) is 0.595. The van der Waals surface area contributed by atoms with Crippen molar-refractivity contribution in [1.29, 1.82) is 0 Å². The van der Waals surface area contributed by atoms with Gasteiger partial charge in [-0.15, -0.1) is 0 Å². The SMILES string of the molecule is CCc1c(F)ccc2cc(O)cc(N3CCc4c(nc(OC[C@@]56CCCN5C[C@H](F)C6)nc4N4CCCCC(COCC(=O)NC)C4)C3)c12. The summed E-state index contributed by atoms with van der Waals surface area (Å²) < 4.78 is 41.9. The van der Waals surface area contributed by atoms with Crippen molar-refractivity contribution >= 4 is 28.2 Å². The van der Waals surface area contributed by atoms with Gasteiger partial charge in [0.1, 0.15) is 36.8 Å². The number of likely N-dealkylation sites (N-methyl/N-ethyl adjacent to an activating group) is 1. The molecule has 12 heteroatoms. The number of benzene rings is 2. The third-order valence-corrected chi connectivity index (χ3v) is 11.0. The lowest BCUT2D eigenvalue weighted by atomic mass is 9.95. The zero-order valence-electron chi connectivity index (χ0n) is 28.6. The van der Waals surface area contributed by atoms with Crippen molar-refractivity contribution in [1.82, 2.24) is 20.2 Å². The molecule has 2 N–H and O–H groups in total. The maximum absolute atomic E-state index is 15.1. The normalized spacial score (nSPS) is 24.2. The molecule has 0 radical (unpaired) electrons. The number of nitrogens with one attached hydrogen (secondary N) is 1. The molecule has 0 saturated carbocycles. The Bertz CT molecular complexity index is 1690. The lowest BCUT2D eigenvalue weighted by Gasteiger charge is -2.35. The first-order chi connectivity index (χ1) is 23.8. The lowest BCUT2D eigenvalue weighted by Crippen LogP contribution is -2.43. The summed E-state index contributed by atoms with van der Waals surface area (Å²) in [6.45, 7) is 6.78. The maximum atomic E-state index is 15.1. The number of phenols is 1. The second kappa shape index (κ2) is 14.2. The van der Waals surface area contributed by atoms with Gasteiger partial charge < -0.3 is 29.7 Å². The van der Waals surface area contributed by atoms with Gasteiger partial charge in [-0.2, -0.15) is 9.97 Å². The summed E-state index contributed by atoms with van der Waals surface area (Å²) in [5, 5.41) is 14.9. The number of aryl methyl sites for hydroxylation is 1. The Morgan fingerprint density at radius 2 is 2.00 bits per heavy atom. The number of aromatic hydroxyl groups is 1. The minimum absolute atomic E-state index is 0.0373. The molecule has 3 saturated heterocycles. The van der Waals surface area contributed by atoms with Gasteiger partial charge in [-0.3, -0.25) is 9.69 Å². The number of ether oxygens (including phenoxy) is 2. The first kappa shape index (κ1) is 33.7. The minimum Gasteiger partial charge on any atom is -0.508 e. The number of carbonyl (C=O) groups excluding carboxylic acids is 1. The fourth-order valence-electron chi connectivity index (χ4n) is 8.59. The molecule has 7 rings (SSSR count). The predicted molar refractivity (Wildman–Crippen MR) is 185 cm³/mol. The maximum Gasteiger partial charge on any atom is 0.318 e. The molecule has 4 aliphatic heterocycles. The van der Waals surface area contributed by atoms with E-state index in [-0.39, 0.29) is 41.5 Å². The van der Waals surface area contributed by atoms with Crippen molar-refractivity contribution in [3.05, 3.63) is 46.9 Å². The fourth-order valence-corrected chi connectivity index (χ4v) is 8.59. The molecule has 1 aromatic heterocycles. The van der Waals surface area contributed by atoms with Gasteiger partial charge in [0, 0.05) is 62.4 Å². The van der Waals surface area contributed by atoms with Gasteiger partial charge in [0.15, 0.2) is 0 Å². The zero-order chi connectivity index (χ0) is 34.1. The van der Waals surface area contributed by atoms with Crippen LogP contribution in [0.2, 0.25) is 0 Å². The van der Waals surface area contributed by atoms with Gasteiger partial charge in [-0.25, -0.2) is 8.78 Å². The van der Waals surface area contributed by atoms with Crippen LogP contribution in [-0.4, -0.2) is 97.2 Å². The van der Waals surface area contributed by atoms with Crippen LogP contribution in [0.3, 0.4) is 0 Å². The molecule has 10 nitrogen and oxygen atoms in total. The summed E-state index contributed by atoms with van der Waals surface area (Å²) in [6, 6.07) is 6.90. The molecule has 2 aromatic carbocycles. The third kappa shape index (κ3) is 6.86. The van der Waals surface area contributed by atoms with E-state index in [2.05, 4.69) is 20.0 Å². The van der Waals surface area contributed by atoms with Crippen LogP contribution in [0, 0.1) is 11.7 Å². The molecule has 5 heterocycles. The second-order valence-corrected chi connectivity index (χ2v) is 14.2. The van der Waals surface area contributed by atoms with E-state index in [4.69, 9.17) is 19.4 Å². The first-order valence-electron chi connectivity index (χ1n) is 17.9. The average molecular weight is 679 g/mol. The lowest BCUT2D eigenvalue weighted by molar-refractivity contribution is -0.125. The van der Waals surface area contributed by atoms with E-state index in [0.717, 1.165) is 85.3 Å². The van der Waals surface area contributed by atoms with E-state index in [1.807, 2.05) is 6.92 Å². The van der Waals surface area contributed by atoms with Crippen molar-refractivity contribution in [2.24, 2.45) is 5.92 Å². The molecule has 49 heavy (non-hydrogen) atoms. The number of nitrogens with zero attached hydrogens (tertiary/aromatic N) is 5. The molecular weight excluding hydrogens is 630 g/mol. The average Bonchev–Trinajstić information content (AvgIpc) is 3.52. The Kier molecular flexibility index (Phi) is 9.79. The Morgan fingerprint density at radius 3 is 2.84 bits per heavy atom. The largest absolute Gasteiger partial charge is 0.508 e. The topological polar surface area (TPSA) is 103 Å². The molecule has 0 aliphatic carbocycles. The van der Waals surface area contributed by atoms with Gasteiger partial charge in [0.25, 0.3) is 0 Å². The van der Waals surface area contributed by atoms with Crippen LogP contribution in [0.5, 0.6) is 11.8 Å². The number of aromatic nitrogens is 2. The number of halogens is 2. The highest BCUT2D eigenvalue weighted by Gasteiger charge is 2.49. The van der Waals surface area contributed by atoms with Gasteiger partial charge in [0.05, 0.1) is 24.4 Å². The van der Waals surface area contributed by atoms with Crippen LogP contribution in [0.25, 0.3) is 10.8 Å². The van der Waals surface area contributed by atoms with Crippen LogP contribution in [0.4, 0.5) is 20.3 Å². The molecule has 3 aromatic rings. The third-order valence-electron chi connectivity index (χ3n) is 11.0. The summed E-state index contributed by atoms with van der Waals surface area (Å²) in [6.07, 6.45) is 5.77. The van der Waals surface area contributed by atoms with E-state index in [0.29, 0.717) is 57.7 Å². The Labute approximate surface area is 286 Å². The van der Waals surface area contributed by atoms with Gasteiger partial charge >= 0.3 is 6.01 Å². The van der Waals surface area contributed by atoms with Crippen LogP contribution in [-0.2, 0) is 28.9 Å². The summed E-state index contributed by atoms with van der Waals surface area (Å²) in [5.74, 6) is 0.824. The quantitative estimate of drug-likeness (QED) is 0.309. The number of hydrogen-bond donors (Lipinski definition) is 2. The number of phenolic OH excluding ortho intramolecular Hbond substituents is 1. The van der Waals surface area contributed by atoms with Gasteiger partial charge in [-0.1, -0.05) is 19.4 Å². The molecule has 264 valence electrons. The number of carbonyl (C=O) groups is 1. The van der Waals surface area contributed by atoms with E-state index in [1.165, 1.54) is 6.07 Å². The monoisotopic (exact) mass is 678 g/mol. The van der Waals surface area contributed by atoms with E-state index in [9.17, 15) is 14.3 Å². The molecule has 3 fully saturated rings. The molecule has 4 aliphatic rings. The van der Waals surface area contributed by atoms with Crippen molar-refractivity contribution in [3.8, 4) is 11.8 Å². The molecule has 0 bridgehead atoms. The summed E-state index contributed by atoms with van der Waals surface area (Å²) in [4.78, 5) is 28.6. The Morgan fingerprint density at radius 1 is 1.12 bits per heavy atom. The van der Waals surface area contributed by atoms with E-state index >= 15 is 4.39 Å². The van der Waals surface area contributed by atoms with Crippen LogP contribution in [0.1, 0.15) is 62.3 Å². The number of rotatable bonds is 10. The summed E-state index contributed by atoms with van der Waals surface area (Å²) in [7, 11) is 1.61. The number of anilines is 2. The van der Waals surface area contributed by atoms with Crippen molar-refractivity contribution in [2.75, 3.05) is 69.4 Å².